The molecule has 0 amide bonds. The lowest BCUT2D eigenvalue weighted by Crippen LogP contribution is -2.30. The minimum atomic E-state index is -0.405. The lowest BCUT2D eigenvalue weighted by molar-refractivity contribution is -0.385. The Balaban J connectivity index is 0.00000180. The number of nitro benzene ring substituents is 1. The topological polar surface area (TPSA) is 64.4 Å². The van der Waals surface area contributed by atoms with Gasteiger partial charge in [0.1, 0.15) is 0 Å². The molecule has 1 saturated heterocycles. The molecule has 106 valence electrons. The molecule has 0 aromatic heterocycles. The Morgan fingerprint density at radius 3 is 2.89 bits per heavy atom. The maximum Gasteiger partial charge on any atom is 0.310 e. The van der Waals surface area contributed by atoms with Crippen LogP contribution in [0, 0.1) is 16.0 Å². The maximum absolute atomic E-state index is 10.8. The summed E-state index contributed by atoms with van der Waals surface area (Å²) in [6.45, 7) is 2.67. The zero-order valence-corrected chi connectivity index (χ0v) is 11.5. The molecule has 1 unspecified atom stereocenters. The highest BCUT2D eigenvalue weighted by Crippen LogP contribution is 2.26. The molecule has 1 heterocycles. The molecule has 1 aliphatic rings. The smallest absolute Gasteiger partial charge is 0.310 e. The molecule has 0 radical (unpaired) electrons. The molecule has 2 rings (SSSR count). The van der Waals surface area contributed by atoms with Crippen LogP contribution in [0.4, 0.5) is 5.69 Å². The van der Waals surface area contributed by atoms with E-state index in [1.807, 2.05) is 0 Å². The highest BCUT2D eigenvalue weighted by atomic mass is 35.5. The lowest BCUT2D eigenvalue weighted by Gasteiger charge is -2.22. The second-order valence-electron chi connectivity index (χ2n) is 4.57. The second-order valence-corrected chi connectivity index (χ2v) is 4.57. The first kappa shape index (κ1) is 15.7. The first-order valence-corrected chi connectivity index (χ1v) is 6.34. The molecule has 6 heteroatoms. The van der Waals surface area contributed by atoms with E-state index >= 15 is 0 Å². The van der Waals surface area contributed by atoms with Crippen LogP contribution in [0.2, 0.25) is 0 Å². The number of para-hydroxylation sites is 2. The van der Waals surface area contributed by atoms with Gasteiger partial charge in [0.25, 0.3) is 0 Å². The predicted molar refractivity (Wildman–Crippen MR) is 76.1 cm³/mol. The van der Waals surface area contributed by atoms with E-state index in [9.17, 15) is 10.1 Å². The Bertz CT molecular complexity index is 409. The van der Waals surface area contributed by atoms with E-state index in [0.29, 0.717) is 18.3 Å². The van der Waals surface area contributed by atoms with Gasteiger partial charge in [0.2, 0.25) is 0 Å². The van der Waals surface area contributed by atoms with E-state index in [0.717, 1.165) is 19.5 Å². The van der Waals surface area contributed by atoms with Crippen molar-refractivity contribution in [3.05, 3.63) is 34.4 Å². The first-order chi connectivity index (χ1) is 8.77. The molecule has 0 saturated carbocycles. The summed E-state index contributed by atoms with van der Waals surface area (Å²) >= 11 is 0. The second kappa shape index (κ2) is 7.96. The summed E-state index contributed by atoms with van der Waals surface area (Å²) in [6, 6.07) is 6.52. The van der Waals surface area contributed by atoms with Gasteiger partial charge in [-0.1, -0.05) is 12.1 Å². The Hall–Kier alpha value is -1.33. The average molecular weight is 287 g/mol. The van der Waals surface area contributed by atoms with Gasteiger partial charge < -0.3 is 10.1 Å². The van der Waals surface area contributed by atoms with Crippen molar-refractivity contribution in [2.24, 2.45) is 5.92 Å². The van der Waals surface area contributed by atoms with Crippen molar-refractivity contribution < 1.29 is 9.66 Å². The van der Waals surface area contributed by atoms with Gasteiger partial charge in [-0.15, -0.1) is 12.4 Å². The molecular formula is C13H19ClN2O3. The van der Waals surface area contributed by atoms with Gasteiger partial charge in [-0.3, -0.25) is 10.1 Å². The molecule has 0 aliphatic carbocycles. The number of nitrogens with zero attached hydrogens (tertiary/aromatic N) is 1. The van der Waals surface area contributed by atoms with Crippen LogP contribution in [0.1, 0.15) is 19.3 Å². The third-order valence-electron chi connectivity index (χ3n) is 3.24. The Labute approximate surface area is 118 Å². The fourth-order valence-electron chi connectivity index (χ4n) is 2.24. The van der Waals surface area contributed by atoms with Crippen molar-refractivity contribution in [2.75, 3.05) is 19.7 Å². The van der Waals surface area contributed by atoms with E-state index in [1.165, 1.54) is 18.9 Å². The number of piperidine rings is 1. The van der Waals surface area contributed by atoms with Crippen molar-refractivity contribution >= 4 is 18.1 Å². The van der Waals surface area contributed by atoms with Crippen LogP contribution >= 0.6 is 12.4 Å². The fourth-order valence-corrected chi connectivity index (χ4v) is 2.24. The standard InChI is InChI=1S/C13H18N2O3.ClH/c16-15(17)12-5-1-2-6-13(12)18-9-7-11-4-3-8-14-10-11;/h1-2,5-6,11,14H,3-4,7-10H2;1H. The van der Waals surface area contributed by atoms with Crippen molar-refractivity contribution in [3.8, 4) is 5.75 Å². The van der Waals surface area contributed by atoms with Crippen LogP contribution in [0.15, 0.2) is 24.3 Å². The summed E-state index contributed by atoms with van der Waals surface area (Å²) in [6.07, 6.45) is 3.36. The van der Waals surface area contributed by atoms with Gasteiger partial charge in [-0.05, 0) is 44.3 Å². The minimum Gasteiger partial charge on any atom is -0.487 e. The van der Waals surface area contributed by atoms with Crippen molar-refractivity contribution in [1.82, 2.24) is 5.32 Å². The predicted octanol–water partition coefficient (Wildman–Crippen LogP) is 2.79. The number of nitro groups is 1. The van der Waals surface area contributed by atoms with Crippen LogP contribution in [-0.4, -0.2) is 24.6 Å². The summed E-state index contributed by atoms with van der Waals surface area (Å²) in [5, 5.41) is 14.2. The Morgan fingerprint density at radius 2 is 2.21 bits per heavy atom. The Kier molecular flexibility index (Phi) is 6.59. The molecule has 1 atom stereocenters. The maximum atomic E-state index is 10.8. The number of ether oxygens (including phenoxy) is 1. The molecular weight excluding hydrogens is 268 g/mol. The molecule has 1 aliphatic heterocycles. The Morgan fingerprint density at radius 1 is 1.42 bits per heavy atom. The normalized spacial score (nSPS) is 18.4. The molecule has 0 spiro atoms. The quantitative estimate of drug-likeness (QED) is 0.668. The van der Waals surface area contributed by atoms with Gasteiger partial charge >= 0.3 is 5.69 Å². The third kappa shape index (κ3) is 4.69. The van der Waals surface area contributed by atoms with E-state index in [1.54, 1.807) is 18.2 Å². The van der Waals surface area contributed by atoms with E-state index < -0.39 is 4.92 Å². The van der Waals surface area contributed by atoms with Crippen LogP contribution in [0.5, 0.6) is 5.75 Å². The zero-order valence-electron chi connectivity index (χ0n) is 10.7. The van der Waals surface area contributed by atoms with Gasteiger partial charge in [-0.2, -0.15) is 0 Å². The van der Waals surface area contributed by atoms with Gasteiger partial charge in [0, 0.05) is 6.07 Å². The molecule has 1 aromatic rings. The largest absolute Gasteiger partial charge is 0.487 e. The number of rotatable bonds is 5. The van der Waals surface area contributed by atoms with Gasteiger partial charge in [-0.25, -0.2) is 0 Å². The van der Waals surface area contributed by atoms with Crippen molar-refractivity contribution in [3.63, 3.8) is 0 Å². The summed E-state index contributed by atoms with van der Waals surface area (Å²) < 4.78 is 5.53. The molecule has 5 nitrogen and oxygen atoms in total. The van der Waals surface area contributed by atoms with Crippen LogP contribution in [0.3, 0.4) is 0 Å². The molecule has 19 heavy (non-hydrogen) atoms. The lowest BCUT2D eigenvalue weighted by atomic mass is 9.97. The van der Waals surface area contributed by atoms with Crippen LogP contribution in [0.25, 0.3) is 0 Å². The SMILES string of the molecule is Cl.O=[N+]([O-])c1ccccc1OCCC1CCCNC1. The molecule has 0 bridgehead atoms. The van der Waals surface area contributed by atoms with E-state index in [2.05, 4.69) is 5.32 Å². The monoisotopic (exact) mass is 286 g/mol. The van der Waals surface area contributed by atoms with Crippen LogP contribution in [-0.2, 0) is 0 Å². The van der Waals surface area contributed by atoms with Crippen molar-refractivity contribution in [2.45, 2.75) is 19.3 Å². The minimum absolute atomic E-state index is 0. The number of benzene rings is 1. The molecule has 1 N–H and O–H groups in total. The molecule has 1 aromatic carbocycles. The van der Waals surface area contributed by atoms with Crippen LogP contribution < -0.4 is 10.1 Å². The highest BCUT2D eigenvalue weighted by Gasteiger charge is 2.16. The van der Waals surface area contributed by atoms with E-state index in [-0.39, 0.29) is 18.1 Å². The zero-order chi connectivity index (χ0) is 12.8. The number of hydrogen-bond donors (Lipinski definition) is 1. The first-order valence-electron chi connectivity index (χ1n) is 6.34. The number of hydrogen-bond acceptors (Lipinski definition) is 4. The highest BCUT2D eigenvalue weighted by molar-refractivity contribution is 5.85. The summed E-state index contributed by atoms with van der Waals surface area (Å²) in [4.78, 5) is 10.4. The number of nitrogens with one attached hydrogen (secondary N) is 1. The number of halogens is 1. The molecule has 1 fully saturated rings. The summed E-state index contributed by atoms with van der Waals surface area (Å²) in [5.41, 5.74) is 0.0410. The average Bonchev–Trinajstić information content (AvgIpc) is 2.40. The summed E-state index contributed by atoms with van der Waals surface area (Å²) in [5.74, 6) is 0.993. The van der Waals surface area contributed by atoms with Gasteiger partial charge in [0.05, 0.1) is 11.5 Å². The summed E-state index contributed by atoms with van der Waals surface area (Å²) in [7, 11) is 0. The van der Waals surface area contributed by atoms with Crippen molar-refractivity contribution in [1.29, 1.82) is 0 Å². The third-order valence-corrected chi connectivity index (χ3v) is 3.24. The van der Waals surface area contributed by atoms with E-state index in [4.69, 9.17) is 4.74 Å². The fraction of sp³-hybridized carbons (Fsp3) is 0.538. The van der Waals surface area contributed by atoms with Gasteiger partial charge in [0.15, 0.2) is 5.75 Å².